The zero-order valence-corrected chi connectivity index (χ0v) is 14.9. The number of fused-ring (bicyclic) bond motifs is 1. The molecule has 6 heteroatoms. The molecule has 0 aliphatic carbocycles. The molecule has 0 saturated carbocycles. The number of amides is 1. The number of aromatic nitrogens is 2. The number of nitrogens with zero attached hydrogens (tertiary/aromatic N) is 2. The topological polar surface area (TPSA) is 67.2 Å². The molecule has 1 amide bonds. The van der Waals surface area contributed by atoms with Gasteiger partial charge in [-0.25, -0.2) is 0 Å². The quantitative estimate of drug-likeness (QED) is 0.748. The second kappa shape index (κ2) is 6.75. The van der Waals surface area contributed by atoms with Gasteiger partial charge in [0.1, 0.15) is 4.83 Å². The summed E-state index contributed by atoms with van der Waals surface area (Å²) in [6.07, 6.45) is 0. The lowest BCUT2D eigenvalue weighted by Gasteiger charge is -2.05. The van der Waals surface area contributed by atoms with Gasteiger partial charge in [0.25, 0.3) is 5.91 Å². The van der Waals surface area contributed by atoms with Gasteiger partial charge < -0.3 is 10.4 Å². The molecular weight excluding hydrogens is 322 g/mol. The summed E-state index contributed by atoms with van der Waals surface area (Å²) in [6, 6.07) is 9.49. The molecule has 2 N–H and O–H groups in total. The van der Waals surface area contributed by atoms with Crippen LogP contribution in [0.25, 0.3) is 10.2 Å². The number of hydrogen-bond donors (Lipinski definition) is 2. The molecule has 2 heterocycles. The van der Waals surface area contributed by atoms with Crippen molar-refractivity contribution < 1.29 is 9.90 Å². The standard InChI is InChI=1S/C18H21N3O2S/c1-11(2)16-14-8-15(24-18(14)21(3)20-16)17(23)19-9-12-4-6-13(10-22)7-5-12/h4-8,11,22H,9-10H2,1-3H3,(H,19,23). The molecule has 3 aromatic rings. The molecular formula is C18H21N3O2S. The summed E-state index contributed by atoms with van der Waals surface area (Å²) >= 11 is 1.47. The molecule has 1 aromatic carbocycles. The highest BCUT2D eigenvalue weighted by Gasteiger charge is 2.18. The molecule has 0 unspecified atom stereocenters. The number of carbonyl (C=O) groups is 1. The molecule has 0 bridgehead atoms. The molecule has 0 radical (unpaired) electrons. The van der Waals surface area contributed by atoms with Crippen LogP contribution >= 0.6 is 11.3 Å². The number of hydrogen-bond acceptors (Lipinski definition) is 4. The first-order valence-electron chi connectivity index (χ1n) is 7.93. The fourth-order valence-electron chi connectivity index (χ4n) is 2.64. The number of thiophene rings is 1. The first-order valence-corrected chi connectivity index (χ1v) is 8.74. The molecule has 126 valence electrons. The SMILES string of the molecule is CC(C)c1nn(C)c2sc(C(=O)NCc3ccc(CO)cc3)cc12. The van der Waals surface area contributed by atoms with Crippen molar-refractivity contribution in [2.24, 2.45) is 7.05 Å². The highest BCUT2D eigenvalue weighted by Crippen LogP contribution is 2.31. The minimum Gasteiger partial charge on any atom is -0.392 e. The van der Waals surface area contributed by atoms with Gasteiger partial charge in [0, 0.05) is 19.0 Å². The van der Waals surface area contributed by atoms with Crippen LogP contribution in [0.1, 0.15) is 46.3 Å². The van der Waals surface area contributed by atoms with Gasteiger partial charge in [0.05, 0.1) is 17.2 Å². The fourth-order valence-corrected chi connectivity index (χ4v) is 3.63. The van der Waals surface area contributed by atoms with E-state index in [0.717, 1.165) is 27.0 Å². The average molecular weight is 343 g/mol. The summed E-state index contributed by atoms with van der Waals surface area (Å²) in [5.41, 5.74) is 2.90. The fraction of sp³-hybridized carbons (Fsp3) is 0.333. The summed E-state index contributed by atoms with van der Waals surface area (Å²) < 4.78 is 1.85. The van der Waals surface area contributed by atoms with Crippen LogP contribution in [0.2, 0.25) is 0 Å². The van der Waals surface area contributed by atoms with Gasteiger partial charge in [-0.05, 0) is 23.1 Å². The first kappa shape index (κ1) is 16.7. The summed E-state index contributed by atoms with van der Waals surface area (Å²) in [4.78, 5) is 14.2. The number of aliphatic hydroxyl groups excluding tert-OH is 1. The van der Waals surface area contributed by atoms with Gasteiger partial charge in [0.15, 0.2) is 0 Å². The van der Waals surface area contributed by atoms with E-state index in [0.29, 0.717) is 17.3 Å². The van der Waals surface area contributed by atoms with Gasteiger partial charge in [-0.3, -0.25) is 9.48 Å². The molecule has 3 rings (SSSR count). The second-order valence-corrected chi connectivity index (χ2v) is 7.18. The predicted octanol–water partition coefficient (Wildman–Crippen LogP) is 3.18. The van der Waals surface area contributed by atoms with Crippen molar-refractivity contribution in [1.82, 2.24) is 15.1 Å². The Morgan fingerprint density at radius 1 is 1.29 bits per heavy atom. The van der Waals surface area contributed by atoms with Crippen LogP contribution in [-0.2, 0) is 20.2 Å². The van der Waals surface area contributed by atoms with Crippen LogP contribution < -0.4 is 5.32 Å². The number of benzene rings is 1. The molecule has 0 spiro atoms. The van der Waals surface area contributed by atoms with Crippen LogP contribution in [0.3, 0.4) is 0 Å². The van der Waals surface area contributed by atoms with Crippen molar-refractivity contribution in [1.29, 1.82) is 0 Å². The first-order chi connectivity index (χ1) is 11.5. The van der Waals surface area contributed by atoms with Crippen molar-refractivity contribution in [3.8, 4) is 0 Å². The Labute approximate surface area is 144 Å². The Hall–Kier alpha value is -2.18. The molecule has 0 fully saturated rings. The van der Waals surface area contributed by atoms with E-state index >= 15 is 0 Å². The number of aliphatic hydroxyl groups is 1. The maximum Gasteiger partial charge on any atom is 0.261 e. The van der Waals surface area contributed by atoms with Gasteiger partial charge in [-0.1, -0.05) is 38.1 Å². The summed E-state index contributed by atoms with van der Waals surface area (Å²) in [6.45, 7) is 4.71. The van der Waals surface area contributed by atoms with Crippen LogP contribution in [-0.4, -0.2) is 20.8 Å². The van der Waals surface area contributed by atoms with E-state index in [2.05, 4.69) is 24.3 Å². The number of nitrogens with one attached hydrogen (secondary N) is 1. The maximum absolute atomic E-state index is 12.4. The third-order valence-corrected chi connectivity index (χ3v) is 5.17. The van der Waals surface area contributed by atoms with Crippen molar-refractivity contribution in [3.05, 3.63) is 52.0 Å². The average Bonchev–Trinajstić information content (AvgIpc) is 3.14. The minimum atomic E-state index is -0.0721. The Balaban J connectivity index is 1.75. The van der Waals surface area contributed by atoms with Crippen LogP contribution in [0.5, 0.6) is 0 Å². The molecule has 0 aliphatic heterocycles. The Bertz CT molecular complexity index is 862. The van der Waals surface area contributed by atoms with Crippen LogP contribution in [0.4, 0.5) is 0 Å². The smallest absolute Gasteiger partial charge is 0.261 e. The van der Waals surface area contributed by atoms with Gasteiger partial charge in [-0.15, -0.1) is 11.3 Å². The van der Waals surface area contributed by atoms with Gasteiger partial charge in [-0.2, -0.15) is 5.10 Å². The maximum atomic E-state index is 12.4. The number of rotatable bonds is 5. The van der Waals surface area contributed by atoms with E-state index < -0.39 is 0 Å². The van der Waals surface area contributed by atoms with Gasteiger partial charge >= 0.3 is 0 Å². The van der Waals surface area contributed by atoms with E-state index in [1.54, 1.807) is 0 Å². The molecule has 0 saturated heterocycles. The van der Waals surface area contributed by atoms with E-state index in [-0.39, 0.29) is 12.5 Å². The zero-order valence-electron chi connectivity index (χ0n) is 14.0. The lowest BCUT2D eigenvalue weighted by atomic mass is 10.1. The normalized spacial score (nSPS) is 11.4. The number of carbonyl (C=O) groups excluding carboxylic acids is 1. The number of aryl methyl sites for hydroxylation is 1. The Morgan fingerprint density at radius 3 is 2.58 bits per heavy atom. The van der Waals surface area contributed by atoms with Crippen LogP contribution in [0.15, 0.2) is 30.3 Å². The van der Waals surface area contributed by atoms with E-state index in [1.165, 1.54) is 11.3 Å². The minimum absolute atomic E-state index is 0.0284. The van der Waals surface area contributed by atoms with Gasteiger partial charge in [0.2, 0.25) is 0 Å². The van der Waals surface area contributed by atoms with E-state index in [9.17, 15) is 4.79 Å². The van der Waals surface area contributed by atoms with E-state index in [4.69, 9.17) is 5.11 Å². The Kier molecular flexibility index (Phi) is 4.69. The highest BCUT2D eigenvalue weighted by molar-refractivity contribution is 7.20. The summed E-state index contributed by atoms with van der Waals surface area (Å²) in [5.74, 6) is 0.251. The lowest BCUT2D eigenvalue weighted by molar-refractivity contribution is 0.0955. The highest BCUT2D eigenvalue weighted by atomic mass is 32.1. The third kappa shape index (κ3) is 3.20. The third-order valence-electron chi connectivity index (χ3n) is 3.97. The molecule has 5 nitrogen and oxygen atoms in total. The monoisotopic (exact) mass is 343 g/mol. The largest absolute Gasteiger partial charge is 0.392 e. The molecule has 0 atom stereocenters. The molecule has 2 aromatic heterocycles. The lowest BCUT2D eigenvalue weighted by Crippen LogP contribution is -2.21. The molecule has 0 aliphatic rings. The molecule has 24 heavy (non-hydrogen) atoms. The van der Waals surface area contributed by atoms with Crippen molar-refractivity contribution >= 4 is 27.5 Å². The summed E-state index contributed by atoms with van der Waals surface area (Å²) in [7, 11) is 1.91. The van der Waals surface area contributed by atoms with E-state index in [1.807, 2.05) is 42.1 Å². The second-order valence-electron chi connectivity index (χ2n) is 6.15. The zero-order chi connectivity index (χ0) is 17.3. The van der Waals surface area contributed by atoms with Crippen LogP contribution in [0, 0.1) is 0 Å². The van der Waals surface area contributed by atoms with Crippen molar-refractivity contribution in [2.75, 3.05) is 0 Å². The van der Waals surface area contributed by atoms with Crippen molar-refractivity contribution in [3.63, 3.8) is 0 Å². The summed E-state index contributed by atoms with van der Waals surface area (Å²) in [5, 5.41) is 17.6. The Morgan fingerprint density at radius 2 is 1.96 bits per heavy atom. The predicted molar refractivity (Wildman–Crippen MR) is 96.2 cm³/mol. The van der Waals surface area contributed by atoms with Crippen molar-refractivity contribution in [2.45, 2.75) is 32.9 Å².